The predicted molar refractivity (Wildman–Crippen MR) is 257 cm³/mol. The Morgan fingerprint density at radius 1 is 0.515 bits per heavy atom. The molecule has 24 atom stereocenters. The molecule has 9 heteroatoms. The van der Waals surface area contributed by atoms with E-state index in [0.717, 1.165) is 152 Å². The van der Waals surface area contributed by atoms with Crippen molar-refractivity contribution in [1.82, 2.24) is 0 Å². The second kappa shape index (κ2) is 18.9. The Hall–Kier alpha value is -2.16. The standard InChI is InChI=1S/C44H62O4.C7H12O3.C2H4O2.4CH4/c1-5-44(4,42(46)48-32-15-24-13-26(32)40-30-17-28(38(24)40)34-20-7-9-22(11-20)36(30)34)18-43(2,3)41(45)47-31-14-23-12-25(31)39-29-16-27(37(23)39)33-19-6-8-21(10-19)35(29)33;1-6(8)10-7-4-2-3-5-9-7;1-2(3)4;;;;/h19-40H,5-18H2,1-4H3;7H,2-5H2,1H3;1H3,(H,3,4);4*1H4. The van der Waals surface area contributed by atoms with Crippen LogP contribution in [0.5, 0.6) is 0 Å². The summed E-state index contributed by atoms with van der Waals surface area (Å²) < 4.78 is 23.2. The van der Waals surface area contributed by atoms with E-state index >= 15 is 0 Å². The Bertz CT molecular complexity index is 1780. The van der Waals surface area contributed by atoms with Gasteiger partial charge in [-0.3, -0.25) is 19.2 Å². The molecule has 0 radical (unpaired) electrons. The molecule has 24 unspecified atom stereocenters. The van der Waals surface area contributed by atoms with Crippen LogP contribution in [0.1, 0.15) is 180 Å². The third-order valence-corrected chi connectivity index (χ3v) is 21.9. The third-order valence-electron chi connectivity index (χ3n) is 21.9. The summed E-state index contributed by atoms with van der Waals surface area (Å²) in [7, 11) is 0. The summed E-state index contributed by atoms with van der Waals surface area (Å²) in [6, 6.07) is 0. The van der Waals surface area contributed by atoms with Gasteiger partial charge in [-0.2, -0.15) is 0 Å². The minimum Gasteiger partial charge on any atom is -0.481 e. The highest BCUT2D eigenvalue weighted by atomic mass is 16.7. The SMILES string of the molecule is C.C.C.C.CC(=O)O.CC(=O)OC1CCCCO1.CCC(C)(CC(C)(C)C(=O)OC1CC2CC1C1C3CC(C4C5CCC(C5)C34)C21)C(=O)OC1CC2CC1C1C3CC(C4C5CCC(C5)C34)C21. The molecule has 0 spiro atoms. The number of hydrogen-bond donors (Lipinski definition) is 1. The summed E-state index contributed by atoms with van der Waals surface area (Å²) in [6.07, 6.45) is 21.1. The van der Waals surface area contributed by atoms with Crippen molar-refractivity contribution in [3.8, 4) is 0 Å². The van der Waals surface area contributed by atoms with E-state index in [9.17, 15) is 14.4 Å². The van der Waals surface area contributed by atoms with E-state index in [2.05, 4.69) is 13.8 Å². The summed E-state index contributed by atoms with van der Waals surface area (Å²) >= 11 is 0. The molecule has 1 aliphatic heterocycles. The van der Waals surface area contributed by atoms with Gasteiger partial charge in [0.15, 0.2) is 0 Å². The third kappa shape index (κ3) is 8.03. The first-order valence-corrected chi connectivity index (χ1v) is 26.1. The monoisotopic (exact) mass is 923 g/mol. The van der Waals surface area contributed by atoms with E-state index in [-0.39, 0.29) is 66.1 Å². The van der Waals surface area contributed by atoms with Gasteiger partial charge in [0.2, 0.25) is 6.29 Å². The van der Waals surface area contributed by atoms with Gasteiger partial charge < -0.3 is 24.1 Å². The molecule has 0 aromatic carbocycles. The maximum absolute atomic E-state index is 14.2. The first-order chi connectivity index (χ1) is 29.7. The topological polar surface area (TPSA) is 125 Å². The molecule has 1 N–H and O–H groups in total. The number of fused-ring (bicyclic) bond motifs is 32. The smallest absolute Gasteiger partial charge is 0.312 e. The highest BCUT2D eigenvalue weighted by Gasteiger charge is 2.73. The van der Waals surface area contributed by atoms with Crippen LogP contribution in [-0.4, -0.2) is 54.1 Å². The molecule has 1 heterocycles. The minimum absolute atomic E-state index is 0. The van der Waals surface area contributed by atoms with E-state index in [1.54, 1.807) is 0 Å². The Morgan fingerprint density at radius 2 is 0.924 bits per heavy atom. The van der Waals surface area contributed by atoms with Crippen LogP contribution in [0.3, 0.4) is 0 Å². The van der Waals surface area contributed by atoms with Gasteiger partial charge in [-0.25, -0.2) is 0 Å². The average molecular weight is 923 g/mol. The fourth-order valence-electron chi connectivity index (χ4n) is 20.7. The molecule has 13 fully saturated rings. The largest absolute Gasteiger partial charge is 0.481 e. The van der Waals surface area contributed by atoms with E-state index in [1.165, 1.54) is 71.1 Å². The second-order valence-corrected chi connectivity index (χ2v) is 25.0. The van der Waals surface area contributed by atoms with Crippen LogP contribution in [-0.2, 0) is 38.1 Å². The minimum atomic E-state index is -0.833. The summed E-state index contributed by atoms with van der Waals surface area (Å²) in [6.45, 7) is 11.5. The van der Waals surface area contributed by atoms with Crippen molar-refractivity contribution in [2.45, 2.75) is 199 Å². The number of carboxylic acids is 1. The van der Waals surface area contributed by atoms with Gasteiger partial charge in [0.05, 0.1) is 17.4 Å². The zero-order valence-electron chi connectivity index (χ0n) is 38.7. The fraction of sp³-hybridized carbons (Fsp3) is 0.930. The molecular formula is C57H94O9. The number of hydrogen-bond acceptors (Lipinski definition) is 8. The van der Waals surface area contributed by atoms with Gasteiger partial charge in [0.25, 0.3) is 5.97 Å². The molecule has 0 aromatic rings. The summed E-state index contributed by atoms with van der Waals surface area (Å²) in [5.74, 6) is 17.3. The van der Waals surface area contributed by atoms with Gasteiger partial charge in [0, 0.05) is 20.3 Å². The Morgan fingerprint density at radius 3 is 1.32 bits per heavy atom. The highest BCUT2D eigenvalue weighted by molar-refractivity contribution is 5.80. The van der Waals surface area contributed by atoms with Gasteiger partial charge >= 0.3 is 17.9 Å². The zero-order chi connectivity index (χ0) is 43.1. The van der Waals surface area contributed by atoms with Gasteiger partial charge in [-0.15, -0.1) is 0 Å². The molecular weight excluding hydrogens is 829 g/mol. The molecule has 9 nitrogen and oxygen atoms in total. The number of carbonyl (C=O) groups is 4. The van der Waals surface area contributed by atoms with Gasteiger partial charge in [-0.1, -0.05) is 36.6 Å². The molecule has 0 aromatic heterocycles. The van der Waals surface area contributed by atoms with Crippen molar-refractivity contribution >= 4 is 23.9 Å². The fourth-order valence-corrected chi connectivity index (χ4v) is 20.7. The van der Waals surface area contributed by atoms with Crippen LogP contribution in [0.15, 0.2) is 0 Å². The number of esters is 3. The van der Waals surface area contributed by atoms with E-state index < -0.39 is 16.8 Å². The number of rotatable bonds is 8. The molecule has 376 valence electrons. The van der Waals surface area contributed by atoms with Gasteiger partial charge in [-0.05, 0) is 242 Å². The normalized spacial score (nSPS) is 48.2. The summed E-state index contributed by atoms with van der Waals surface area (Å²) in [5.41, 5.74) is -1.36. The molecule has 1 saturated heterocycles. The lowest BCUT2D eigenvalue weighted by Crippen LogP contribution is -2.47. The first-order valence-electron chi connectivity index (χ1n) is 26.1. The zero-order valence-corrected chi connectivity index (χ0v) is 38.7. The van der Waals surface area contributed by atoms with Crippen molar-refractivity contribution in [3.63, 3.8) is 0 Å². The van der Waals surface area contributed by atoms with Gasteiger partial charge in [0.1, 0.15) is 12.2 Å². The predicted octanol–water partition coefficient (Wildman–Crippen LogP) is 12.5. The summed E-state index contributed by atoms with van der Waals surface area (Å²) in [5, 5.41) is 7.42. The van der Waals surface area contributed by atoms with Crippen LogP contribution < -0.4 is 0 Å². The lowest BCUT2D eigenvalue weighted by Gasteiger charge is -2.47. The number of carbonyl (C=O) groups excluding carboxylic acids is 3. The van der Waals surface area contributed by atoms with Crippen LogP contribution in [0.25, 0.3) is 0 Å². The average Bonchev–Trinajstić information content (AvgIpc) is 4.07. The molecule has 13 rings (SSSR count). The molecule has 13 aliphatic rings. The second-order valence-electron chi connectivity index (χ2n) is 25.0. The maximum atomic E-state index is 14.2. The van der Waals surface area contributed by atoms with E-state index in [0.29, 0.717) is 24.7 Å². The van der Waals surface area contributed by atoms with Crippen molar-refractivity contribution in [2.75, 3.05) is 6.61 Å². The Balaban J connectivity index is 0.000000315. The lowest BCUT2D eigenvalue weighted by molar-refractivity contribution is -0.184. The van der Waals surface area contributed by atoms with Crippen molar-refractivity contribution < 1.29 is 43.2 Å². The van der Waals surface area contributed by atoms with Crippen LogP contribution in [0, 0.1) is 129 Å². The van der Waals surface area contributed by atoms with Crippen LogP contribution in [0.2, 0.25) is 0 Å². The highest BCUT2D eigenvalue weighted by Crippen LogP contribution is 2.78. The first kappa shape index (κ1) is 51.7. The van der Waals surface area contributed by atoms with Crippen LogP contribution >= 0.6 is 0 Å². The molecule has 12 saturated carbocycles. The van der Waals surface area contributed by atoms with Crippen LogP contribution in [0.4, 0.5) is 0 Å². The van der Waals surface area contributed by atoms with E-state index in [1.807, 2.05) is 13.8 Å². The summed E-state index contributed by atoms with van der Waals surface area (Å²) in [4.78, 5) is 47.7. The molecule has 0 amide bonds. The quantitative estimate of drug-likeness (QED) is 0.144. The molecule has 12 bridgehead atoms. The number of aliphatic carboxylic acids is 1. The van der Waals surface area contributed by atoms with Crippen molar-refractivity contribution in [2.24, 2.45) is 129 Å². The number of carboxylic acid groups (broad SMARTS) is 1. The van der Waals surface area contributed by atoms with E-state index in [4.69, 9.17) is 28.8 Å². The Kier molecular flexibility index (Phi) is 14.8. The molecule has 66 heavy (non-hydrogen) atoms. The van der Waals surface area contributed by atoms with Crippen molar-refractivity contribution in [3.05, 3.63) is 0 Å². The Labute approximate surface area is 400 Å². The maximum Gasteiger partial charge on any atom is 0.312 e. The number of ether oxygens (including phenoxy) is 4. The molecule has 12 aliphatic carbocycles. The lowest BCUT2D eigenvalue weighted by atomic mass is 9.59. The van der Waals surface area contributed by atoms with Crippen molar-refractivity contribution in [1.29, 1.82) is 0 Å².